The Bertz CT molecular complexity index is 812. The van der Waals surface area contributed by atoms with Gasteiger partial charge in [0.15, 0.2) is 0 Å². The van der Waals surface area contributed by atoms with E-state index in [0.717, 1.165) is 31.2 Å². The van der Waals surface area contributed by atoms with Crippen LogP contribution in [0.3, 0.4) is 0 Å². The standard InChI is InChI=1S/C29H40O2/c1-23(2)12-10-14-25(5)18-20-28(22-26(6)15-11-13-24(3)4)31-29(30)21-19-27-16-8-7-9-17-27/h7-9,12-13,16-19,21-22,28H,10-11,14-15,20H2,1-6H3. The largest absolute Gasteiger partial charge is 0.455 e. The first-order chi connectivity index (χ1) is 14.8. The van der Waals surface area contributed by atoms with Crippen molar-refractivity contribution in [3.63, 3.8) is 0 Å². The maximum absolute atomic E-state index is 12.4. The van der Waals surface area contributed by atoms with Crippen molar-refractivity contribution >= 4 is 12.0 Å². The second kappa shape index (κ2) is 15.2. The van der Waals surface area contributed by atoms with Crippen LogP contribution in [0.1, 0.15) is 79.2 Å². The van der Waals surface area contributed by atoms with Crippen molar-refractivity contribution in [2.45, 2.75) is 79.8 Å². The maximum atomic E-state index is 12.4. The van der Waals surface area contributed by atoms with Crippen LogP contribution >= 0.6 is 0 Å². The first-order valence-corrected chi connectivity index (χ1v) is 11.3. The lowest BCUT2D eigenvalue weighted by atomic mass is 10.0. The monoisotopic (exact) mass is 420 g/mol. The van der Waals surface area contributed by atoms with E-state index in [1.807, 2.05) is 30.3 Å². The molecule has 0 aromatic heterocycles. The molecule has 1 aromatic carbocycles. The number of ether oxygens (including phenoxy) is 1. The molecule has 0 aliphatic rings. The van der Waals surface area contributed by atoms with Crippen molar-refractivity contribution in [1.82, 2.24) is 0 Å². The van der Waals surface area contributed by atoms with Gasteiger partial charge in [0.25, 0.3) is 0 Å². The molecule has 1 rings (SSSR count). The summed E-state index contributed by atoms with van der Waals surface area (Å²) in [6, 6.07) is 9.80. The van der Waals surface area contributed by atoms with Gasteiger partial charge in [-0.1, -0.05) is 70.9 Å². The summed E-state index contributed by atoms with van der Waals surface area (Å²) in [6.07, 6.45) is 16.6. The molecule has 0 N–H and O–H groups in total. The van der Waals surface area contributed by atoms with Crippen molar-refractivity contribution in [2.24, 2.45) is 0 Å². The fourth-order valence-corrected chi connectivity index (χ4v) is 3.06. The molecule has 1 aromatic rings. The quantitative estimate of drug-likeness (QED) is 0.193. The highest BCUT2D eigenvalue weighted by atomic mass is 16.5. The number of esters is 1. The first kappa shape index (κ1) is 26.4. The lowest BCUT2D eigenvalue weighted by Crippen LogP contribution is -2.14. The summed E-state index contributed by atoms with van der Waals surface area (Å²) in [5, 5.41) is 0. The molecule has 0 aliphatic heterocycles. The number of carbonyl (C=O) groups is 1. The Morgan fingerprint density at radius 3 is 2.00 bits per heavy atom. The molecular weight excluding hydrogens is 380 g/mol. The number of rotatable bonds is 12. The Morgan fingerprint density at radius 1 is 0.839 bits per heavy atom. The average molecular weight is 421 g/mol. The van der Waals surface area contributed by atoms with Gasteiger partial charge in [0.05, 0.1) is 0 Å². The molecule has 0 aliphatic carbocycles. The predicted octanol–water partition coefficient (Wildman–Crippen LogP) is 8.39. The van der Waals surface area contributed by atoms with Crippen molar-refractivity contribution in [3.05, 3.63) is 88.6 Å². The Morgan fingerprint density at radius 2 is 1.42 bits per heavy atom. The normalized spacial score (nSPS) is 13.1. The number of hydrogen-bond donors (Lipinski definition) is 0. The van der Waals surface area contributed by atoms with Crippen molar-refractivity contribution < 1.29 is 9.53 Å². The minimum atomic E-state index is -0.308. The van der Waals surface area contributed by atoms with Crippen LogP contribution in [0.15, 0.2) is 83.0 Å². The topological polar surface area (TPSA) is 26.3 Å². The highest BCUT2D eigenvalue weighted by Gasteiger charge is 2.10. The fourth-order valence-electron chi connectivity index (χ4n) is 3.06. The molecule has 0 saturated carbocycles. The third-order valence-electron chi connectivity index (χ3n) is 4.83. The van der Waals surface area contributed by atoms with Crippen LogP contribution in [0.4, 0.5) is 0 Å². The van der Waals surface area contributed by atoms with E-state index >= 15 is 0 Å². The minimum Gasteiger partial charge on any atom is -0.455 e. The molecule has 2 nitrogen and oxygen atoms in total. The molecular formula is C29H40O2. The van der Waals surface area contributed by atoms with Gasteiger partial charge in [-0.05, 0) is 84.9 Å². The van der Waals surface area contributed by atoms with E-state index in [1.54, 1.807) is 6.08 Å². The van der Waals surface area contributed by atoms with E-state index in [4.69, 9.17) is 4.74 Å². The molecule has 0 fully saturated rings. The van der Waals surface area contributed by atoms with E-state index in [2.05, 4.69) is 65.8 Å². The van der Waals surface area contributed by atoms with Crippen LogP contribution in [0.2, 0.25) is 0 Å². The lowest BCUT2D eigenvalue weighted by molar-refractivity contribution is -0.140. The van der Waals surface area contributed by atoms with E-state index < -0.39 is 0 Å². The summed E-state index contributed by atoms with van der Waals surface area (Å²) in [4.78, 5) is 12.4. The molecule has 1 atom stereocenters. The SMILES string of the molecule is CC(C)=CCCC(C)=CCC(C=C(C)CCC=C(C)C)OC(=O)C=Cc1ccccc1. The lowest BCUT2D eigenvalue weighted by Gasteiger charge is -2.14. The van der Waals surface area contributed by atoms with E-state index in [-0.39, 0.29) is 12.1 Å². The van der Waals surface area contributed by atoms with E-state index in [0.29, 0.717) is 6.42 Å². The van der Waals surface area contributed by atoms with Gasteiger partial charge in [-0.2, -0.15) is 0 Å². The Balaban J connectivity index is 2.80. The smallest absolute Gasteiger partial charge is 0.331 e. The van der Waals surface area contributed by atoms with Crippen LogP contribution in [-0.4, -0.2) is 12.1 Å². The fraction of sp³-hybridized carbons (Fsp3) is 0.414. The molecule has 168 valence electrons. The second-order valence-corrected chi connectivity index (χ2v) is 8.66. The number of benzene rings is 1. The molecule has 0 spiro atoms. The third-order valence-corrected chi connectivity index (χ3v) is 4.83. The molecule has 0 radical (unpaired) electrons. The van der Waals surface area contributed by atoms with Gasteiger partial charge in [-0.25, -0.2) is 4.79 Å². The third kappa shape index (κ3) is 14.1. The average Bonchev–Trinajstić information content (AvgIpc) is 2.70. The summed E-state index contributed by atoms with van der Waals surface area (Å²) in [5.41, 5.74) is 6.24. The summed E-state index contributed by atoms with van der Waals surface area (Å²) in [6.45, 7) is 12.8. The molecule has 0 bridgehead atoms. The Kier molecular flexibility index (Phi) is 13.0. The van der Waals surface area contributed by atoms with Crippen molar-refractivity contribution in [3.8, 4) is 0 Å². The predicted molar refractivity (Wildman–Crippen MR) is 135 cm³/mol. The molecule has 2 heteroatoms. The highest BCUT2D eigenvalue weighted by molar-refractivity contribution is 5.87. The van der Waals surface area contributed by atoms with Gasteiger partial charge in [-0.3, -0.25) is 0 Å². The van der Waals surface area contributed by atoms with E-state index in [9.17, 15) is 4.79 Å². The van der Waals surface area contributed by atoms with Gasteiger partial charge in [0.2, 0.25) is 0 Å². The number of hydrogen-bond acceptors (Lipinski definition) is 2. The van der Waals surface area contributed by atoms with Crippen LogP contribution in [0, 0.1) is 0 Å². The Hall–Kier alpha value is -2.61. The summed E-state index contributed by atoms with van der Waals surface area (Å²) in [7, 11) is 0. The summed E-state index contributed by atoms with van der Waals surface area (Å²) in [5.74, 6) is -0.308. The summed E-state index contributed by atoms with van der Waals surface area (Å²) < 4.78 is 5.79. The zero-order valence-electron chi connectivity index (χ0n) is 20.3. The minimum absolute atomic E-state index is 0.252. The highest BCUT2D eigenvalue weighted by Crippen LogP contribution is 2.15. The van der Waals surface area contributed by atoms with Crippen molar-refractivity contribution in [1.29, 1.82) is 0 Å². The zero-order valence-corrected chi connectivity index (χ0v) is 20.3. The van der Waals surface area contributed by atoms with Gasteiger partial charge < -0.3 is 4.74 Å². The van der Waals surface area contributed by atoms with Gasteiger partial charge in [-0.15, -0.1) is 0 Å². The Labute approximate surface area is 190 Å². The first-order valence-electron chi connectivity index (χ1n) is 11.3. The zero-order chi connectivity index (χ0) is 23.1. The van der Waals surface area contributed by atoms with Crippen LogP contribution in [-0.2, 0) is 9.53 Å². The van der Waals surface area contributed by atoms with Crippen LogP contribution < -0.4 is 0 Å². The molecule has 0 heterocycles. The maximum Gasteiger partial charge on any atom is 0.331 e. The van der Waals surface area contributed by atoms with Crippen molar-refractivity contribution in [2.75, 3.05) is 0 Å². The molecule has 0 amide bonds. The summed E-state index contributed by atoms with van der Waals surface area (Å²) >= 11 is 0. The number of allylic oxidation sites excluding steroid dienone is 6. The second-order valence-electron chi connectivity index (χ2n) is 8.66. The van der Waals surface area contributed by atoms with Gasteiger partial charge >= 0.3 is 5.97 Å². The molecule has 1 unspecified atom stereocenters. The van der Waals surface area contributed by atoms with Crippen LogP contribution in [0.5, 0.6) is 0 Å². The van der Waals surface area contributed by atoms with E-state index in [1.165, 1.54) is 28.4 Å². The number of carbonyl (C=O) groups excluding carboxylic acids is 1. The molecule has 0 saturated heterocycles. The van der Waals surface area contributed by atoms with Crippen LogP contribution in [0.25, 0.3) is 6.08 Å². The van der Waals surface area contributed by atoms with Gasteiger partial charge in [0, 0.05) is 12.5 Å². The molecule has 31 heavy (non-hydrogen) atoms. The van der Waals surface area contributed by atoms with Gasteiger partial charge in [0.1, 0.15) is 6.10 Å².